The van der Waals surface area contributed by atoms with Crippen molar-refractivity contribution in [2.75, 3.05) is 0 Å². The largest absolute Gasteiger partial charge is 0.309 e. The molecule has 63 heavy (non-hydrogen) atoms. The number of fused-ring (bicyclic) bond motifs is 9. The topological polar surface area (TPSA) is 14.8 Å². The summed E-state index contributed by atoms with van der Waals surface area (Å²) in [6.45, 7) is 0. The van der Waals surface area contributed by atoms with Crippen LogP contribution >= 0.6 is 0 Å². The first-order valence-corrected chi connectivity index (χ1v) is 21.7. The molecule has 13 rings (SSSR count). The fourth-order valence-corrected chi connectivity index (χ4v) is 10.1. The molecule has 0 unspecified atom stereocenters. The molecule has 3 nitrogen and oxygen atoms in total. The Balaban J connectivity index is 1.05. The van der Waals surface area contributed by atoms with Crippen LogP contribution in [0.25, 0.3) is 116 Å². The number of nitrogens with zero attached hydrogens (tertiary/aromatic N) is 3. The van der Waals surface area contributed by atoms with Crippen LogP contribution in [0.5, 0.6) is 0 Å². The van der Waals surface area contributed by atoms with Crippen molar-refractivity contribution in [2.45, 2.75) is 0 Å². The molecule has 0 saturated carbocycles. The zero-order chi connectivity index (χ0) is 41.4. The molecule has 3 heteroatoms. The van der Waals surface area contributed by atoms with Gasteiger partial charge >= 0.3 is 0 Å². The van der Waals surface area contributed by atoms with Gasteiger partial charge in [0.2, 0.25) is 0 Å². The lowest BCUT2D eigenvalue weighted by Crippen LogP contribution is -1.96. The molecule has 0 amide bonds. The van der Waals surface area contributed by atoms with Crippen molar-refractivity contribution in [1.82, 2.24) is 13.7 Å². The molecule has 0 spiro atoms. The molecule has 0 atom stereocenters. The van der Waals surface area contributed by atoms with E-state index in [-0.39, 0.29) is 0 Å². The molecular weight excluding hydrogens is 763 g/mol. The van der Waals surface area contributed by atoms with Crippen molar-refractivity contribution in [3.63, 3.8) is 0 Å². The van der Waals surface area contributed by atoms with Crippen LogP contribution in [0.4, 0.5) is 0 Å². The van der Waals surface area contributed by atoms with Gasteiger partial charge in [0.05, 0.1) is 33.1 Å². The van der Waals surface area contributed by atoms with E-state index in [1.54, 1.807) is 0 Å². The molecule has 3 heterocycles. The van der Waals surface area contributed by atoms with Crippen molar-refractivity contribution in [1.29, 1.82) is 0 Å². The molecule has 3 aromatic heterocycles. The van der Waals surface area contributed by atoms with Crippen LogP contribution in [0, 0.1) is 0 Å². The summed E-state index contributed by atoms with van der Waals surface area (Å²) >= 11 is 0. The summed E-state index contributed by atoms with van der Waals surface area (Å²) in [5.74, 6) is 0. The van der Waals surface area contributed by atoms with E-state index in [1.807, 2.05) is 0 Å². The quantitative estimate of drug-likeness (QED) is 0.159. The van der Waals surface area contributed by atoms with Crippen molar-refractivity contribution in [3.8, 4) is 50.4 Å². The van der Waals surface area contributed by atoms with Gasteiger partial charge in [-0.15, -0.1) is 0 Å². The van der Waals surface area contributed by atoms with E-state index < -0.39 is 0 Å². The Morgan fingerprint density at radius 1 is 0.175 bits per heavy atom. The zero-order valence-electron chi connectivity index (χ0n) is 34.4. The Hall–Kier alpha value is -8.40. The lowest BCUT2D eigenvalue weighted by molar-refractivity contribution is 1.16. The second-order valence-corrected chi connectivity index (χ2v) is 16.6. The van der Waals surface area contributed by atoms with Crippen molar-refractivity contribution < 1.29 is 0 Å². The summed E-state index contributed by atoms with van der Waals surface area (Å²) < 4.78 is 7.29. The average molecular weight is 802 g/mol. The second kappa shape index (κ2) is 14.1. The molecule has 0 aliphatic carbocycles. The first-order chi connectivity index (χ1) is 31.2. The highest BCUT2D eigenvalue weighted by Gasteiger charge is 2.20. The van der Waals surface area contributed by atoms with Gasteiger partial charge in [0.25, 0.3) is 0 Å². The maximum Gasteiger partial charge on any atom is 0.0562 e. The zero-order valence-corrected chi connectivity index (χ0v) is 34.4. The van der Waals surface area contributed by atoms with Crippen LogP contribution in [-0.2, 0) is 0 Å². The molecule has 0 N–H and O–H groups in total. The smallest absolute Gasteiger partial charge is 0.0562 e. The van der Waals surface area contributed by atoms with Crippen LogP contribution in [0.2, 0.25) is 0 Å². The van der Waals surface area contributed by atoms with Gasteiger partial charge in [-0.3, -0.25) is 0 Å². The number of rotatable bonds is 6. The SMILES string of the molecule is c1ccc(-c2ccc(-n3c4ccccc4c4cc5c6cc(-c7ccc8c(c7)c7ccccc7n8-c7ccccc7)ccc6n(-c6cccc(-c7ccccc7)c6)c5cc43)cc2)cc1. The predicted molar refractivity (Wildman–Crippen MR) is 266 cm³/mol. The molecule has 13 aromatic rings. The Bertz CT molecular complexity index is 3870. The molecule has 294 valence electrons. The second-order valence-electron chi connectivity index (χ2n) is 16.6. The van der Waals surface area contributed by atoms with Gasteiger partial charge in [-0.25, -0.2) is 0 Å². The number of benzene rings is 10. The Labute approximate surface area is 364 Å². The third-order valence-electron chi connectivity index (χ3n) is 13.0. The van der Waals surface area contributed by atoms with E-state index in [1.165, 1.54) is 104 Å². The standard InChI is InChI=1S/C60H39N3/c1-4-15-40(16-5-1)42-27-31-47(32-28-42)62-56-26-13-11-24-50(56)53-38-54-52-37-45(44-29-33-57-51(36-44)49-23-10-12-25-55(49)61(57)46-20-8-3-9-21-46)30-34-58(52)63(60(54)39-59(53)62)48-22-14-19-43(35-48)41-17-6-2-7-18-41/h1-39H. The number of aromatic nitrogens is 3. The third-order valence-corrected chi connectivity index (χ3v) is 13.0. The van der Waals surface area contributed by atoms with Gasteiger partial charge in [-0.05, 0) is 118 Å². The maximum atomic E-state index is 2.47. The molecule has 10 aromatic carbocycles. The van der Waals surface area contributed by atoms with Crippen molar-refractivity contribution in [3.05, 3.63) is 237 Å². The maximum absolute atomic E-state index is 2.47. The van der Waals surface area contributed by atoms with Crippen LogP contribution < -0.4 is 0 Å². The monoisotopic (exact) mass is 801 g/mol. The van der Waals surface area contributed by atoms with Crippen LogP contribution in [0.3, 0.4) is 0 Å². The molecule has 0 fully saturated rings. The lowest BCUT2D eigenvalue weighted by Gasteiger charge is -2.12. The van der Waals surface area contributed by atoms with Crippen LogP contribution in [0.15, 0.2) is 237 Å². The van der Waals surface area contributed by atoms with Gasteiger partial charge in [-0.1, -0.05) is 152 Å². The number of hydrogen-bond donors (Lipinski definition) is 0. The summed E-state index contributed by atoms with van der Waals surface area (Å²) in [6.07, 6.45) is 0. The highest BCUT2D eigenvalue weighted by Crippen LogP contribution is 2.42. The molecule has 0 bridgehead atoms. The summed E-state index contributed by atoms with van der Waals surface area (Å²) in [5.41, 5.74) is 17.8. The van der Waals surface area contributed by atoms with E-state index in [0.29, 0.717) is 0 Å². The summed E-state index contributed by atoms with van der Waals surface area (Å²) in [6, 6.07) is 86.5. The summed E-state index contributed by atoms with van der Waals surface area (Å²) in [7, 11) is 0. The van der Waals surface area contributed by atoms with E-state index >= 15 is 0 Å². The predicted octanol–water partition coefficient (Wildman–Crippen LogP) is 16.0. The highest BCUT2D eigenvalue weighted by atomic mass is 15.0. The number of para-hydroxylation sites is 3. The number of hydrogen-bond acceptors (Lipinski definition) is 0. The third kappa shape index (κ3) is 5.60. The van der Waals surface area contributed by atoms with E-state index in [0.717, 1.165) is 11.4 Å². The first kappa shape index (κ1) is 35.4. The normalized spacial score (nSPS) is 11.8. The van der Waals surface area contributed by atoms with E-state index in [2.05, 4.69) is 250 Å². The average Bonchev–Trinajstić information content (AvgIpc) is 3.99. The van der Waals surface area contributed by atoms with E-state index in [9.17, 15) is 0 Å². The van der Waals surface area contributed by atoms with Gasteiger partial charge in [0.15, 0.2) is 0 Å². The van der Waals surface area contributed by atoms with Crippen molar-refractivity contribution in [2.24, 2.45) is 0 Å². The molecule has 0 aliphatic heterocycles. The van der Waals surface area contributed by atoms with Crippen LogP contribution in [-0.4, -0.2) is 13.7 Å². The molecule has 0 aliphatic rings. The van der Waals surface area contributed by atoms with Crippen LogP contribution in [0.1, 0.15) is 0 Å². The molecule has 0 saturated heterocycles. The minimum absolute atomic E-state index is 1.13. The lowest BCUT2D eigenvalue weighted by atomic mass is 10.00. The fraction of sp³-hybridized carbons (Fsp3) is 0. The minimum atomic E-state index is 1.13. The Kier molecular flexibility index (Phi) is 7.91. The Morgan fingerprint density at radius 2 is 0.540 bits per heavy atom. The van der Waals surface area contributed by atoms with Gasteiger partial charge in [0, 0.05) is 49.4 Å². The van der Waals surface area contributed by atoms with Gasteiger partial charge < -0.3 is 13.7 Å². The van der Waals surface area contributed by atoms with Gasteiger partial charge in [-0.2, -0.15) is 0 Å². The molecule has 0 radical (unpaired) electrons. The van der Waals surface area contributed by atoms with E-state index in [4.69, 9.17) is 0 Å². The highest BCUT2D eigenvalue weighted by molar-refractivity contribution is 6.20. The fourth-order valence-electron chi connectivity index (χ4n) is 10.1. The Morgan fingerprint density at radius 3 is 1.16 bits per heavy atom. The minimum Gasteiger partial charge on any atom is -0.309 e. The first-order valence-electron chi connectivity index (χ1n) is 21.7. The summed E-state index contributed by atoms with van der Waals surface area (Å²) in [4.78, 5) is 0. The summed E-state index contributed by atoms with van der Waals surface area (Å²) in [5, 5.41) is 7.44. The molecular formula is C60H39N3. The van der Waals surface area contributed by atoms with Crippen molar-refractivity contribution >= 4 is 65.4 Å². The van der Waals surface area contributed by atoms with Gasteiger partial charge in [0.1, 0.15) is 0 Å².